The lowest BCUT2D eigenvalue weighted by Crippen LogP contribution is -2.51. The second-order valence-electron chi connectivity index (χ2n) is 5.10. The highest BCUT2D eigenvalue weighted by Gasteiger charge is 2.35. The first-order chi connectivity index (χ1) is 7.43. The molecule has 1 aliphatic carbocycles. The minimum absolute atomic E-state index is 0.0393. The molecule has 1 fully saturated rings. The van der Waals surface area contributed by atoms with E-state index in [0.717, 1.165) is 19.3 Å². The summed E-state index contributed by atoms with van der Waals surface area (Å²) in [7, 11) is 0. The Hall–Kier alpha value is -0.610. The molecule has 0 bridgehead atoms. The average Bonchev–Trinajstić information content (AvgIpc) is 2.24. The van der Waals surface area contributed by atoms with Crippen LogP contribution in [0.3, 0.4) is 0 Å². The van der Waals surface area contributed by atoms with Gasteiger partial charge in [0.05, 0.1) is 5.60 Å². The SMILES string of the molecule is CCC(O)(CC)CNC(=O)CC1(N)CCC1. The summed E-state index contributed by atoms with van der Waals surface area (Å²) in [5, 5.41) is 12.8. The van der Waals surface area contributed by atoms with Gasteiger partial charge in [-0.2, -0.15) is 0 Å². The molecule has 0 aromatic carbocycles. The number of carbonyl (C=O) groups excluding carboxylic acids is 1. The molecule has 94 valence electrons. The summed E-state index contributed by atoms with van der Waals surface area (Å²) in [5.41, 5.74) is 4.94. The number of carbonyl (C=O) groups is 1. The standard InChI is InChI=1S/C12H24N2O2/c1-3-12(16,4-2)9-14-10(15)8-11(13)6-5-7-11/h16H,3-9,13H2,1-2H3,(H,14,15). The predicted octanol–water partition coefficient (Wildman–Crippen LogP) is 0.925. The molecular weight excluding hydrogens is 204 g/mol. The van der Waals surface area contributed by atoms with Crippen molar-refractivity contribution in [1.82, 2.24) is 5.32 Å². The second-order valence-corrected chi connectivity index (χ2v) is 5.10. The fourth-order valence-corrected chi connectivity index (χ4v) is 1.95. The Bertz CT molecular complexity index is 245. The van der Waals surface area contributed by atoms with E-state index in [-0.39, 0.29) is 11.4 Å². The molecule has 4 nitrogen and oxygen atoms in total. The first-order valence-electron chi connectivity index (χ1n) is 6.21. The van der Waals surface area contributed by atoms with Crippen molar-refractivity contribution in [3.8, 4) is 0 Å². The van der Waals surface area contributed by atoms with Gasteiger partial charge in [0, 0.05) is 18.5 Å². The maximum atomic E-state index is 11.6. The van der Waals surface area contributed by atoms with Gasteiger partial charge in [-0.3, -0.25) is 4.79 Å². The van der Waals surface area contributed by atoms with Crippen molar-refractivity contribution in [1.29, 1.82) is 0 Å². The molecule has 0 radical (unpaired) electrons. The number of hydrogen-bond donors (Lipinski definition) is 3. The van der Waals surface area contributed by atoms with E-state index in [4.69, 9.17) is 5.73 Å². The van der Waals surface area contributed by atoms with Crippen molar-refractivity contribution >= 4 is 5.91 Å². The predicted molar refractivity (Wildman–Crippen MR) is 63.9 cm³/mol. The average molecular weight is 228 g/mol. The molecule has 0 saturated heterocycles. The fraction of sp³-hybridized carbons (Fsp3) is 0.917. The van der Waals surface area contributed by atoms with Crippen LogP contribution in [0.2, 0.25) is 0 Å². The van der Waals surface area contributed by atoms with Crippen molar-refractivity contribution in [2.24, 2.45) is 5.73 Å². The van der Waals surface area contributed by atoms with Crippen molar-refractivity contribution in [3.05, 3.63) is 0 Å². The van der Waals surface area contributed by atoms with E-state index in [2.05, 4.69) is 5.32 Å². The zero-order chi connectivity index (χ0) is 12.2. The van der Waals surface area contributed by atoms with Crippen LogP contribution in [-0.2, 0) is 4.79 Å². The van der Waals surface area contributed by atoms with Crippen LogP contribution in [0.5, 0.6) is 0 Å². The van der Waals surface area contributed by atoms with Gasteiger partial charge >= 0.3 is 0 Å². The third-order valence-electron chi connectivity index (χ3n) is 3.79. The number of nitrogens with two attached hydrogens (primary N) is 1. The summed E-state index contributed by atoms with van der Waals surface area (Å²) >= 11 is 0. The van der Waals surface area contributed by atoms with Crippen molar-refractivity contribution in [2.75, 3.05) is 6.54 Å². The summed E-state index contributed by atoms with van der Waals surface area (Å²) in [5.74, 6) is -0.0393. The van der Waals surface area contributed by atoms with Crippen LogP contribution < -0.4 is 11.1 Å². The van der Waals surface area contributed by atoms with Gasteiger partial charge in [-0.25, -0.2) is 0 Å². The fourth-order valence-electron chi connectivity index (χ4n) is 1.95. The Labute approximate surface area is 97.6 Å². The lowest BCUT2D eigenvalue weighted by molar-refractivity contribution is -0.124. The van der Waals surface area contributed by atoms with Crippen LogP contribution in [0.15, 0.2) is 0 Å². The summed E-state index contributed by atoms with van der Waals surface area (Å²) < 4.78 is 0. The molecule has 0 atom stereocenters. The van der Waals surface area contributed by atoms with Crippen molar-refractivity contribution in [3.63, 3.8) is 0 Å². The zero-order valence-electron chi connectivity index (χ0n) is 10.4. The highest BCUT2D eigenvalue weighted by Crippen LogP contribution is 2.31. The summed E-state index contributed by atoms with van der Waals surface area (Å²) in [4.78, 5) is 11.6. The highest BCUT2D eigenvalue weighted by molar-refractivity contribution is 5.77. The molecule has 1 rings (SSSR count). The van der Waals surface area contributed by atoms with Gasteiger partial charge in [-0.1, -0.05) is 13.8 Å². The van der Waals surface area contributed by atoms with Gasteiger partial charge in [-0.05, 0) is 32.1 Å². The van der Waals surface area contributed by atoms with E-state index in [1.807, 2.05) is 13.8 Å². The molecule has 4 heteroatoms. The Morgan fingerprint density at radius 3 is 2.38 bits per heavy atom. The van der Waals surface area contributed by atoms with Crippen LogP contribution in [0.25, 0.3) is 0 Å². The minimum Gasteiger partial charge on any atom is -0.388 e. The van der Waals surface area contributed by atoms with Gasteiger partial charge in [0.2, 0.25) is 5.91 Å². The Kier molecular flexibility index (Phi) is 4.33. The van der Waals surface area contributed by atoms with Crippen molar-refractivity contribution in [2.45, 2.75) is 63.5 Å². The maximum absolute atomic E-state index is 11.6. The zero-order valence-corrected chi connectivity index (χ0v) is 10.4. The molecule has 0 aromatic heterocycles. The molecule has 16 heavy (non-hydrogen) atoms. The van der Waals surface area contributed by atoms with Crippen LogP contribution in [-0.4, -0.2) is 28.7 Å². The van der Waals surface area contributed by atoms with E-state index in [9.17, 15) is 9.90 Å². The molecule has 1 aliphatic rings. The lowest BCUT2D eigenvalue weighted by Gasteiger charge is -2.37. The Morgan fingerprint density at radius 1 is 1.44 bits per heavy atom. The molecular formula is C12H24N2O2. The summed E-state index contributed by atoms with van der Waals surface area (Å²) in [6, 6.07) is 0. The quantitative estimate of drug-likeness (QED) is 0.633. The van der Waals surface area contributed by atoms with E-state index < -0.39 is 5.60 Å². The monoisotopic (exact) mass is 228 g/mol. The van der Waals surface area contributed by atoms with Crippen LogP contribution in [0.4, 0.5) is 0 Å². The molecule has 0 heterocycles. The second kappa shape index (κ2) is 5.15. The number of amides is 1. The molecule has 1 amide bonds. The van der Waals surface area contributed by atoms with Gasteiger partial charge in [0.25, 0.3) is 0 Å². The maximum Gasteiger partial charge on any atom is 0.221 e. The van der Waals surface area contributed by atoms with Gasteiger partial charge in [0.1, 0.15) is 0 Å². The number of aliphatic hydroxyl groups is 1. The van der Waals surface area contributed by atoms with Crippen LogP contribution >= 0.6 is 0 Å². The number of hydrogen-bond acceptors (Lipinski definition) is 3. The van der Waals surface area contributed by atoms with Crippen molar-refractivity contribution < 1.29 is 9.90 Å². The Balaban J connectivity index is 2.29. The normalized spacial score (nSPS) is 19.0. The number of nitrogens with one attached hydrogen (secondary N) is 1. The van der Waals surface area contributed by atoms with Gasteiger partial charge in [0.15, 0.2) is 0 Å². The van der Waals surface area contributed by atoms with E-state index in [1.54, 1.807) is 0 Å². The van der Waals surface area contributed by atoms with E-state index >= 15 is 0 Å². The first-order valence-corrected chi connectivity index (χ1v) is 6.21. The minimum atomic E-state index is -0.767. The third kappa shape index (κ3) is 3.46. The molecule has 4 N–H and O–H groups in total. The van der Waals surface area contributed by atoms with Crippen LogP contribution in [0, 0.1) is 0 Å². The number of rotatable bonds is 6. The molecule has 0 aliphatic heterocycles. The van der Waals surface area contributed by atoms with Gasteiger partial charge in [-0.15, -0.1) is 0 Å². The van der Waals surface area contributed by atoms with Crippen LogP contribution in [0.1, 0.15) is 52.4 Å². The molecule has 0 aromatic rings. The topological polar surface area (TPSA) is 75.3 Å². The summed E-state index contributed by atoms with van der Waals surface area (Å²) in [6.07, 6.45) is 4.68. The Morgan fingerprint density at radius 2 is 2.00 bits per heavy atom. The molecule has 0 spiro atoms. The molecule has 0 unspecified atom stereocenters. The van der Waals surface area contributed by atoms with E-state index in [1.165, 1.54) is 0 Å². The largest absolute Gasteiger partial charge is 0.388 e. The van der Waals surface area contributed by atoms with E-state index in [0.29, 0.717) is 25.8 Å². The highest BCUT2D eigenvalue weighted by atomic mass is 16.3. The lowest BCUT2D eigenvalue weighted by atomic mass is 9.75. The summed E-state index contributed by atoms with van der Waals surface area (Å²) in [6.45, 7) is 4.17. The molecule has 1 saturated carbocycles. The first kappa shape index (κ1) is 13.5. The third-order valence-corrected chi connectivity index (χ3v) is 3.79. The van der Waals surface area contributed by atoms with Gasteiger partial charge < -0.3 is 16.2 Å². The smallest absolute Gasteiger partial charge is 0.221 e.